The maximum absolute atomic E-state index is 12.9. The van der Waals surface area contributed by atoms with Crippen molar-refractivity contribution in [2.24, 2.45) is 0 Å². The standard InChI is InChI=1S/C15H12ClF3N2O/c1-21(14(22)10-6-7-20-13(16)8-10)9-11-4-2-3-5-12(11)15(17,18)19/h2-8H,9H2,1H3. The Kier molecular flexibility index (Phi) is 4.71. The van der Waals surface area contributed by atoms with Gasteiger partial charge < -0.3 is 4.90 Å². The van der Waals surface area contributed by atoms with E-state index in [9.17, 15) is 18.0 Å². The van der Waals surface area contributed by atoms with Crippen LogP contribution >= 0.6 is 11.6 Å². The second kappa shape index (κ2) is 6.36. The van der Waals surface area contributed by atoms with E-state index in [2.05, 4.69) is 4.98 Å². The van der Waals surface area contributed by atoms with Crippen molar-refractivity contribution in [3.63, 3.8) is 0 Å². The van der Waals surface area contributed by atoms with Crippen LogP contribution in [0.4, 0.5) is 13.2 Å². The Hall–Kier alpha value is -2.08. The number of aromatic nitrogens is 1. The molecule has 116 valence electrons. The van der Waals surface area contributed by atoms with Crippen molar-refractivity contribution >= 4 is 17.5 Å². The third-order valence-corrected chi connectivity index (χ3v) is 3.26. The predicted molar refractivity (Wildman–Crippen MR) is 76.5 cm³/mol. The molecule has 1 aromatic carbocycles. The molecule has 0 aliphatic rings. The van der Waals surface area contributed by atoms with Gasteiger partial charge in [0.25, 0.3) is 5.91 Å². The van der Waals surface area contributed by atoms with Crippen LogP contribution < -0.4 is 0 Å². The highest BCUT2D eigenvalue weighted by Crippen LogP contribution is 2.32. The van der Waals surface area contributed by atoms with Crippen LogP contribution in [0.15, 0.2) is 42.6 Å². The van der Waals surface area contributed by atoms with Gasteiger partial charge in [0.15, 0.2) is 0 Å². The minimum absolute atomic E-state index is 0.0333. The average Bonchev–Trinajstić information content (AvgIpc) is 2.46. The molecular weight excluding hydrogens is 317 g/mol. The van der Waals surface area contributed by atoms with Crippen molar-refractivity contribution in [1.29, 1.82) is 0 Å². The maximum atomic E-state index is 12.9. The Labute approximate surface area is 130 Å². The van der Waals surface area contributed by atoms with E-state index in [-0.39, 0.29) is 22.8 Å². The summed E-state index contributed by atoms with van der Waals surface area (Å²) in [5.74, 6) is -0.429. The smallest absolute Gasteiger partial charge is 0.337 e. The highest BCUT2D eigenvalue weighted by atomic mass is 35.5. The summed E-state index contributed by atoms with van der Waals surface area (Å²) in [5, 5.41) is 0.148. The molecule has 0 spiro atoms. The van der Waals surface area contributed by atoms with Crippen molar-refractivity contribution in [2.75, 3.05) is 7.05 Å². The number of carbonyl (C=O) groups is 1. The van der Waals surface area contributed by atoms with Gasteiger partial charge in [-0.1, -0.05) is 29.8 Å². The lowest BCUT2D eigenvalue weighted by atomic mass is 10.1. The largest absolute Gasteiger partial charge is 0.416 e. The number of rotatable bonds is 3. The van der Waals surface area contributed by atoms with Gasteiger partial charge in [0, 0.05) is 25.4 Å². The summed E-state index contributed by atoms with van der Waals surface area (Å²) in [4.78, 5) is 17.2. The zero-order chi connectivity index (χ0) is 16.3. The summed E-state index contributed by atoms with van der Waals surface area (Å²) in [7, 11) is 1.43. The summed E-state index contributed by atoms with van der Waals surface area (Å²) < 4.78 is 38.8. The molecule has 2 aromatic rings. The minimum atomic E-state index is -4.46. The fourth-order valence-electron chi connectivity index (χ4n) is 2.02. The molecule has 0 unspecified atom stereocenters. The van der Waals surface area contributed by atoms with E-state index in [1.54, 1.807) is 0 Å². The zero-order valence-corrected chi connectivity index (χ0v) is 12.3. The van der Waals surface area contributed by atoms with E-state index in [4.69, 9.17) is 11.6 Å². The summed E-state index contributed by atoms with van der Waals surface area (Å²) in [5.41, 5.74) is -0.444. The lowest BCUT2D eigenvalue weighted by molar-refractivity contribution is -0.138. The average molecular weight is 329 g/mol. The molecule has 7 heteroatoms. The van der Waals surface area contributed by atoms with Gasteiger partial charge in [-0.25, -0.2) is 4.98 Å². The number of hydrogen-bond donors (Lipinski definition) is 0. The van der Waals surface area contributed by atoms with E-state index in [1.165, 1.54) is 48.5 Å². The SMILES string of the molecule is CN(Cc1ccccc1C(F)(F)F)C(=O)c1ccnc(Cl)c1. The first-order valence-electron chi connectivity index (χ1n) is 6.31. The molecule has 1 amide bonds. The van der Waals surface area contributed by atoms with Crippen LogP contribution in [0.5, 0.6) is 0 Å². The monoisotopic (exact) mass is 328 g/mol. The Morgan fingerprint density at radius 1 is 1.27 bits per heavy atom. The molecular formula is C15H12ClF3N2O. The topological polar surface area (TPSA) is 33.2 Å². The van der Waals surface area contributed by atoms with Crippen LogP contribution in [0.1, 0.15) is 21.5 Å². The van der Waals surface area contributed by atoms with Crippen molar-refractivity contribution in [2.45, 2.75) is 12.7 Å². The summed E-state index contributed by atoms with van der Waals surface area (Å²) in [6.07, 6.45) is -3.09. The predicted octanol–water partition coefficient (Wildman–Crippen LogP) is 4.03. The summed E-state index contributed by atoms with van der Waals surface area (Å²) in [6.45, 7) is -0.158. The molecule has 0 radical (unpaired) electrons. The van der Waals surface area contributed by atoms with Gasteiger partial charge in [-0.15, -0.1) is 0 Å². The van der Waals surface area contributed by atoms with E-state index in [0.717, 1.165) is 6.07 Å². The molecule has 3 nitrogen and oxygen atoms in total. The number of carbonyl (C=O) groups excluding carboxylic acids is 1. The van der Waals surface area contributed by atoms with Gasteiger partial charge in [0.1, 0.15) is 5.15 Å². The van der Waals surface area contributed by atoms with E-state index in [0.29, 0.717) is 0 Å². The van der Waals surface area contributed by atoms with Gasteiger partial charge in [0.05, 0.1) is 5.56 Å². The molecule has 0 fully saturated rings. The number of pyridine rings is 1. The molecule has 22 heavy (non-hydrogen) atoms. The number of alkyl halides is 3. The quantitative estimate of drug-likeness (QED) is 0.797. The lowest BCUT2D eigenvalue weighted by Gasteiger charge is -2.20. The fraction of sp³-hybridized carbons (Fsp3) is 0.200. The minimum Gasteiger partial charge on any atom is -0.337 e. The van der Waals surface area contributed by atoms with E-state index in [1.807, 2.05) is 0 Å². The van der Waals surface area contributed by atoms with Crippen molar-refractivity contribution < 1.29 is 18.0 Å². The lowest BCUT2D eigenvalue weighted by Crippen LogP contribution is -2.27. The highest BCUT2D eigenvalue weighted by Gasteiger charge is 2.33. The first kappa shape index (κ1) is 16.3. The highest BCUT2D eigenvalue weighted by molar-refractivity contribution is 6.29. The fourth-order valence-corrected chi connectivity index (χ4v) is 2.19. The molecule has 1 heterocycles. The first-order valence-corrected chi connectivity index (χ1v) is 6.69. The Bertz CT molecular complexity index is 688. The normalized spacial score (nSPS) is 11.3. The Morgan fingerprint density at radius 3 is 2.59 bits per heavy atom. The number of hydrogen-bond acceptors (Lipinski definition) is 2. The molecule has 1 aromatic heterocycles. The number of nitrogens with zero attached hydrogens (tertiary/aromatic N) is 2. The van der Waals surface area contributed by atoms with Crippen LogP contribution in [-0.2, 0) is 12.7 Å². The molecule has 0 atom stereocenters. The molecule has 2 rings (SSSR count). The van der Waals surface area contributed by atoms with E-state index < -0.39 is 17.6 Å². The molecule has 0 saturated heterocycles. The van der Waals surface area contributed by atoms with Gasteiger partial charge in [-0.2, -0.15) is 13.2 Å². The molecule has 0 N–H and O–H groups in total. The number of amides is 1. The van der Waals surface area contributed by atoms with Crippen molar-refractivity contribution in [3.8, 4) is 0 Å². The number of benzene rings is 1. The second-order valence-electron chi connectivity index (χ2n) is 4.68. The van der Waals surface area contributed by atoms with Gasteiger partial charge in [0.2, 0.25) is 0 Å². The molecule has 0 aliphatic carbocycles. The van der Waals surface area contributed by atoms with Crippen molar-refractivity contribution in [1.82, 2.24) is 9.88 Å². The summed E-state index contributed by atoms with van der Waals surface area (Å²) >= 11 is 5.71. The third-order valence-electron chi connectivity index (χ3n) is 3.05. The first-order chi connectivity index (χ1) is 10.3. The van der Waals surface area contributed by atoms with Gasteiger partial charge >= 0.3 is 6.18 Å². The van der Waals surface area contributed by atoms with Crippen LogP contribution in [0.3, 0.4) is 0 Å². The zero-order valence-electron chi connectivity index (χ0n) is 11.6. The Morgan fingerprint density at radius 2 is 1.95 bits per heavy atom. The second-order valence-corrected chi connectivity index (χ2v) is 5.07. The maximum Gasteiger partial charge on any atom is 0.416 e. The van der Waals surface area contributed by atoms with Crippen LogP contribution in [-0.4, -0.2) is 22.8 Å². The summed E-state index contributed by atoms with van der Waals surface area (Å²) in [6, 6.07) is 8.00. The van der Waals surface area contributed by atoms with Crippen LogP contribution in [0, 0.1) is 0 Å². The number of halogens is 4. The van der Waals surface area contributed by atoms with Gasteiger partial charge in [-0.3, -0.25) is 4.79 Å². The molecule has 0 saturated carbocycles. The Balaban J connectivity index is 2.23. The van der Waals surface area contributed by atoms with Crippen LogP contribution in [0.2, 0.25) is 5.15 Å². The molecule has 0 bridgehead atoms. The molecule has 0 aliphatic heterocycles. The van der Waals surface area contributed by atoms with E-state index >= 15 is 0 Å². The third kappa shape index (κ3) is 3.76. The van der Waals surface area contributed by atoms with Gasteiger partial charge in [-0.05, 0) is 23.8 Å². The van der Waals surface area contributed by atoms with Crippen LogP contribution in [0.25, 0.3) is 0 Å². The van der Waals surface area contributed by atoms with Crippen molar-refractivity contribution in [3.05, 3.63) is 64.4 Å².